The van der Waals surface area contributed by atoms with Crippen LogP contribution in [0.15, 0.2) is 247 Å². The fraction of sp³-hybridized carbons (Fsp3) is 0. The number of aromatic nitrogens is 1. The molecule has 0 unspecified atom stereocenters. The normalized spacial score (nSPS) is 11.5. The highest BCUT2D eigenvalue weighted by Crippen LogP contribution is 2.40. The van der Waals surface area contributed by atoms with E-state index < -0.39 is 0 Å². The second kappa shape index (κ2) is 15.3. The van der Waals surface area contributed by atoms with Crippen molar-refractivity contribution < 1.29 is 4.42 Å². The fourth-order valence-corrected chi connectivity index (χ4v) is 9.30. The Bertz CT molecular complexity index is 3550. The monoisotopic (exact) mass is 804 g/mol. The minimum atomic E-state index is 0.896. The van der Waals surface area contributed by atoms with Crippen molar-refractivity contribution in [2.75, 3.05) is 4.90 Å². The largest absolute Gasteiger partial charge is 0.456 e. The molecule has 0 aliphatic heterocycles. The van der Waals surface area contributed by atoms with Gasteiger partial charge in [0.05, 0.1) is 11.0 Å². The van der Waals surface area contributed by atoms with Gasteiger partial charge in [-0.1, -0.05) is 140 Å². The van der Waals surface area contributed by atoms with Crippen molar-refractivity contribution in [1.29, 1.82) is 0 Å². The Labute approximate surface area is 366 Å². The maximum absolute atomic E-state index is 6.24. The zero-order valence-electron chi connectivity index (χ0n) is 34.4. The zero-order valence-corrected chi connectivity index (χ0v) is 34.4. The lowest BCUT2D eigenvalue weighted by molar-refractivity contribution is 0.669. The van der Waals surface area contributed by atoms with Crippen molar-refractivity contribution in [2.24, 2.45) is 0 Å². The topological polar surface area (TPSA) is 21.3 Å². The van der Waals surface area contributed by atoms with Crippen LogP contribution in [0, 0.1) is 0 Å². The van der Waals surface area contributed by atoms with Crippen molar-refractivity contribution in [3.05, 3.63) is 243 Å². The molecule has 296 valence electrons. The van der Waals surface area contributed by atoms with Crippen LogP contribution in [0.25, 0.3) is 93.9 Å². The van der Waals surface area contributed by atoms with Crippen molar-refractivity contribution in [1.82, 2.24) is 4.57 Å². The molecule has 0 amide bonds. The van der Waals surface area contributed by atoms with E-state index in [0.717, 1.165) is 66.9 Å². The predicted molar refractivity (Wildman–Crippen MR) is 264 cm³/mol. The summed E-state index contributed by atoms with van der Waals surface area (Å²) in [6.45, 7) is 0. The quantitative estimate of drug-likeness (QED) is 0.153. The van der Waals surface area contributed by atoms with Crippen LogP contribution in [0.2, 0.25) is 0 Å². The molecule has 0 saturated carbocycles. The molecule has 0 bridgehead atoms. The van der Waals surface area contributed by atoms with Gasteiger partial charge in [-0.05, 0) is 148 Å². The van der Waals surface area contributed by atoms with Crippen LogP contribution in [-0.4, -0.2) is 4.57 Å². The van der Waals surface area contributed by atoms with Crippen LogP contribution in [0.4, 0.5) is 17.1 Å². The molecule has 3 nitrogen and oxygen atoms in total. The molecule has 2 aromatic heterocycles. The van der Waals surface area contributed by atoms with Crippen LogP contribution in [-0.2, 0) is 0 Å². The maximum Gasteiger partial charge on any atom is 0.135 e. The van der Waals surface area contributed by atoms with E-state index in [1.54, 1.807) is 0 Å². The molecule has 0 radical (unpaired) electrons. The first-order chi connectivity index (χ1) is 31.2. The van der Waals surface area contributed by atoms with Crippen molar-refractivity contribution in [3.8, 4) is 50.2 Å². The Kier molecular flexibility index (Phi) is 8.83. The SMILES string of the molecule is c1ccc(N(c2ccccc2)c2ccc(-c3ccc(-c4cc(-c5ccc6oc7ccccc7c6c5)cc(-c5ccc6c(c5)c5ccccc5n6-c5ccccc5)c4)cc3)cc2)cc1. The summed E-state index contributed by atoms with van der Waals surface area (Å²) < 4.78 is 8.61. The van der Waals surface area contributed by atoms with E-state index in [1.165, 1.54) is 44.1 Å². The number of hydrogen-bond donors (Lipinski definition) is 0. The van der Waals surface area contributed by atoms with Crippen LogP contribution in [0.3, 0.4) is 0 Å². The molecule has 0 N–H and O–H groups in total. The molecule has 63 heavy (non-hydrogen) atoms. The molecular formula is C60H40N2O. The molecule has 12 aromatic rings. The van der Waals surface area contributed by atoms with E-state index in [4.69, 9.17) is 4.42 Å². The summed E-state index contributed by atoms with van der Waals surface area (Å²) in [6.07, 6.45) is 0. The van der Waals surface area contributed by atoms with E-state index in [0.29, 0.717) is 0 Å². The lowest BCUT2D eigenvalue weighted by Crippen LogP contribution is -2.09. The van der Waals surface area contributed by atoms with Gasteiger partial charge < -0.3 is 13.9 Å². The number of para-hydroxylation sites is 5. The van der Waals surface area contributed by atoms with Gasteiger partial charge in [-0.2, -0.15) is 0 Å². The summed E-state index contributed by atoms with van der Waals surface area (Å²) in [5.41, 5.74) is 18.0. The Morgan fingerprint density at radius 3 is 1.35 bits per heavy atom. The van der Waals surface area contributed by atoms with Crippen molar-refractivity contribution >= 4 is 60.8 Å². The van der Waals surface area contributed by atoms with Gasteiger partial charge in [0, 0.05) is 44.3 Å². The molecular weight excluding hydrogens is 765 g/mol. The van der Waals surface area contributed by atoms with Gasteiger partial charge in [-0.25, -0.2) is 0 Å². The maximum atomic E-state index is 6.24. The summed E-state index contributed by atoms with van der Waals surface area (Å²) in [4.78, 5) is 2.29. The molecule has 12 rings (SSSR count). The number of fused-ring (bicyclic) bond motifs is 6. The molecule has 3 heteroatoms. The highest BCUT2D eigenvalue weighted by atomic mass is 16.3. The zero-order chi connectivity index (χ0) is 41.7. The van der Waals surface area contributed by atoms with Crippen molar-refractivity contribution in [3.63, 3.8) is 0 Å². The highest BCUT2D eigenvalue weighted by molar-refractivity contribution is 6.11. The average molecular weight is 805 g/mol. The summed E-state index contributed by atoms with van der Waals surface area (Å²) in [6, 6.07) is 87.2. The standard InChI is InChI=1S/C60H40N2O/c1-4-14-49(15-5-1)61(50-16-6-2-7-17-50)52-32-28-42(29-33-52)41-24-26-43(27-25-41)46-36-47(38-48(37-46)45-31-35-60-56(40-45)54-21-11-13-23-59(54)63-60)44-30-34-58-55(39-44)53-20-10-12-22-57(53)62(58)51-18-8-3-9-19-51/h1-40H. The first-order valence-corrected chi connectivity index (χ1v) is 21.5. The van der Waals surface area contributed by atoms with Gasteiger partial charge in [0.25, 0.3) is 0 Å². The van der Waals surface area contributed by atoms with Crippen molar-refractivity contribution in [2.45, 2.75) is 0 Å². The van der Waals surface area contributed by atoms with Gasteiger partial charge in [0.2, 0.25) is 0 Å². The number of benzene rings is 10. The number of rotatable bonds is 8. The third-order valence-electron chi connectivity index (χ3n) is 12.4. The highest BCUT2D eigenvalue weighted by Gasteiger charge is 2.16. The van der Waals surface area contributed by atoms with Crippen LogP contribution in [0.1, 0.15) is 0 Å². The van der Waals surface area contributed by atoms with Crippen LogP contribution < -0.4 is 4.90 Å². The predicted octanol–water partition coefficient (Wildman–Crippen LogP) is 16.8. The third-order valence-corrected chi connectivity index (χ3v) is 12.4. The molecule has 0 aliphatic rings. The third kappa shape index (κ3) is 6.55. The number of nitrogens with zero attached hydrogens (tertiary/aromatic N) is 2. The first kappa shape index (κ1) is 36.5. The fourth-order valence-electron chi connectivity index (χ4n) is 9.30. The summed E-state index contributed by atoms with van der Waals surface area (Å²) in [5.74, 6) is 0. The molecule has 0 spiro atoms. The number of hydrogen-bond acceptors (Lipinski definition) is 2. The number of anilines is 3. The van der Waals surface area contributed by atoms with Crippen LogP contribution in [0.5, 0.6) is 0 Å². The molecule has 0 fully saturated rings. The smallest absolute Gasteiger partial charge is 0.135 e. The second-order valence-corrected chi connectivity index (χ2v) is 16.2. The Morgan fingerprint density at radius 1 is 0.270 bits per heavy atom. The number of furan rings is 1. The van der Waals surface area contributed by atoms with E-state index in [2.05, 4.69) is 240 Å². The van der Waals surface area contributed by atoms with Crippen LogP contribution >= 0.6 is 0 Å². The van der Waals surface area contributed by atoms with Gasteiger partial charge in [-0.15, -0.1) is 0 Å². The van der Waals surface area contributed by atoms with Gasteiger partial charge in [-0.3, -0.25) is 0 Å². The van der Waals surface area contributed by atoms with E-state index in [9.17, 15) is 0 Å². The molecule has 0 aliphatic carbocycles. The Hall–Kier alpha value is -8.40. The van der Waals surface area contributed by atoms with E-state index >= 15 is 0 Å². The Morgan fingerprint density at radius 2 is 0.698 bits per heavy atom. The molecule has 0 saturated heterocycles. The summed E-state index contributed by atoms with van der Waals surface area (Å²) in [7, 11) is 0. The lowest BCUT2D eigenvalue weighted by atomic mass is 9.91. The summed E-state index contributed by atoms with van der Waals surface area (Å²) >= 11 is 0. The van der Waals surface area contributed by atoms with E-state index in [-0.39, 0.29) is 0 Å². The molecule has 10 aromatic carbocycles. The van der Waals surface area contributed by atoms with Gasteiger partial charge in [0.15, 0.2) is 0 Å². The first-order valence-electron chi connectivity index (χ1n) is 21.5. The van der Waals surface area contributed by atoms with Gasteiger partial charge in [0.1, 0.15) is 11.2 Å². The molecule has 0 atom stereocenters. The van der Waals surface area contributed by atoms with E-state index in [1.807, 2.05) is 12.1 Å². The Balaban J connectivity index is 0.952. The lowest BCUT2D eigenvalue weighted by Gasteiger charge is -2.25. The second-order valence-electron chi connectivity index (χ2n) is 16.2. The molecule has 2 heterocycles. The average Bonchev–Trinajstić information content (AvgIpc) is 3.90. The minimum absolute atomic E-state index is 0.896. The minimum Gasteiger partial charge on any atom is -0.456 e. The summed E-state index contributed by atoms with van der Waals surface area (Å²) in [5, 5.41) is 4.72. The van der Waals surface area contributed by atoms with Gasteiger partial charge >= 0.3 is 0 Å².